The Kier molecular flexibility index (Phi) is 9.43. The van der Waals surface area contributed by atoms with Gasteiger partial charge in [0.1, 0.15) is 23.7 Å². The highest BCUT2D eigenvalue weighted by molar-refractivity contribution is 5.82. The van der Waals surface area contributed by atoms with Gasteiger partial charge in [0.25, 0.3) is 0 Å². The Morgan fingerprint density at radius 1 is 0.975 bits per heavy atom. The fourth-order valence-corrected chi connectivity index (χ4v) is 4.46. The van der Waals surface area contributed by atoms with Crippen LogP contribution in [0.15, 0.2) is 79.0 Å². The molecule has 1 unspecified atom stereocenters. The van der Waals surface area contributed by atoms with Crippen LogP contribution in [0.1, 0.15) is 51.4 Å². The van der Waals surface area contributed by atoms with Gasteiger partial charge in [-0.1, -0.05) is 36.4 Å². The highest BCUT2D eigenvalue weighted by atomic mass is 16.6. The maximum Gasteiger partial charge on any atom is 0.325 e. The summed E-state index contributed by atoms with van der Waals surface area (Å²) >= 11 is 0. The molecule has 2 aromatic carbocycles. The average molecular weight is 544 g/mol. The molecule has 8 nitrogen and oxygen atoms in total. The molecule has 0 saturated carbocycles. The standard InChI is InChI=1S/C32H37N3O5/c1-5-38-30(36)21-28(23-10-7-6-8-11-23)35-18-16-24-20-26(14-15-27(24)35)39-19-17-25-12-9-13-29(34-25)33-22-31(37)40-32(2,3)4/h6-16,18,20,28H,5,17,19,21-22H2,1-4H3,(H,33,34). The highest BCUT2D eigenvalue weighted by Gasteiger charge is 2.20. The largest absolute Gasteiger partial charge is 0.493 e. The summed E-state index contributed by atoms with van der Waals surface area (Å²) < 4.78 is 18.7. The van der Waals surface area contributed by atoms with Crippen LogP contribution in [0, 0.1) is 0 Å². The average Bonchev–Trinajstić information content (AvgIpc) is 3.34. The molecule has 0 saturated heterocycles. The third-order valence-corrected chi connectivity index (χ3v) is 6.14. The first-order chi connectivity index (χ1) is 19.2. The monoisotopic (exact) mass is 543 g/mol. The summed E-state index contributed by atoms with van der Waals surface area (Å²) in [6.07, 6.45) is 2.86. The molecule has 2 heterocycles. The molecule has 0 radical (unpaired) electrons. The lowest BCUT2D eigenvalue weighted by molar-refractivity contribution is -0.152. The molecule has 0 spiro atoms. The number of hydrogen-bond donors (Lipinski definition) is 1. The minimum Gasteiger partial charge on any atom is -0.493 e. The number of ether oxygens (including phenoxy) is 3. The van der Waals surface area contributed by atoms with Crippen molar-refractivity contribution in [3.05, 3.63) is 90.3 Å². The predicted octanol–water partition coefficient (Wildman–Crippen LogP) is 5.95. The van der Waals surface area contributed by atoms with Crippen LogP contribution >= 0.6 is 0 Å². The van der Waals surface area contributed by atoms with Crippen molar-refractivity contribution < 1.29 is 23.8 Å². The molecule has 4 rings (SSSR count). The molecule has 0 aliphatic heterocycles. The molecule has 0 aliphatic rings. The van der Waals surface area contributed by atoms with Crippen LogP contribution in [0.25, 0.3) is 10.9 Å². The number of nitrogens with one attached hydrogen (secondary N) is 1. The zero-order valence-electron chi connectivity index (χ0n) is 23.6. The van der Waals surface area contributed by atoms with Crippen LogP contribution in [-0.4, -0.2) is 46.8 Å². The van der Waals surface area contributed by atoms with E-state index in [9.17, 15) is 9.59 Å². The van der Waals surface area contributed by atoms with Gasteiger partial charge in [-0.05, 0) is 69.7 Å². The van der Waals surface area contributed by atoms with Crippen LogP contribution < -0.4 is 10.1 Å². The number of nitrogens with zero attached hydrogens (tertiary/aromatic N) is 2. The molecule has 0 fully saturated rings. The topological polar surface area (TPSA) is 91.7 Å². The number of hydrogen-bond acceptors (Lipinski definition) is 7. The first kappa shape index (κ1) is 28.7. The second-order valence-electron chi connectivity index (χ2n) is 10.4. The summed E-state index contributed by atoms with van der Waals surface area (Å²) in [4.78, 5) is 28.9. The van der Waals surface area contributed by atoms with Crippen LogP contribution in [0.3, 0.4) is 0 Å². The summed E-state index contributed by atoms with van der Waals surface area (Å²) in [5, 5.41) is 4.04. The molecule has 4 aromatic rings. The number of anilines is 1. The van der Waals surface area contributed by atoms with Gasteiger partial charge in [0.15, 0.2) is 0 Å². The van der Waals surface area contributed by atoms with Gasteiger partial charge in [-0.2, -0.15) is 0 Å². The van der Waals surface area contributed by atoms with E-state index in [1.807, 2.05) is 107 Å². The Balaban J connectivity index is 1.38. The van der Waals surface area contributed by atoms with Gasteiger partial charge in [-0.25, -0.2) is 4.98 Å². The molecule has 8 heteroatoms. The van der Waals surface area contributed by atoms with Crippen LogP contribution in [0.2, 0.25) is 0 Å². The summed E-state index contributed by atoms with van der Waals surface area (Å²) in [6, 6.07) is 23.5. The van der Waals surface area contributed by atoms with Gasteiger partial charge in [0.05, 0.1) is 25.7 Å². The van der Waals surface area contributed by atoms with Crippen LogP contribution in [-0.2, 0) is 25.5 Å². The number of aromatic nitrogens is 2. The second-order valence-corrected chi connectivity index (χ2v) is 10.4. The van der Waals surface area contributed by atoms with E-state index in [0.717, 1.165) is 27.9 Å². The third-order valence-electron chi connectivity index (χ3n) is 6.14. The first-order valence-corrected chi connectivity index (χ1v) is 13.6. The predicted molar refractivity (Wildman–Crippen MR) is 156 cm³/mol. The zero-order valence-corrected chi connectivity index (χ0v) is 23.6. The van der Waals surface area contributed by atoms with E-state index < -0.39 is 5.60 Å². The molecule has 0 aliphatic carbocycles. The SMILES string of the molecule is CCOC(=O)CC(c1ccccc1)n1ccc2cc(OCCc3cccc(NCC(=O)OC(C)(C)C)n3)ccc21. The molecule has 2 aromatic heterocycles. The van der Waals surface area contributed by atoms with Crippen LogP contribution in [0.5, 0.6) is 5.75 Å². The molecule has 1 atom stereocenters. The molecule has 0 bridgehead atoms. The fraction of sp³-hybridized carbons (Fsp3) is 0.344. The van der Waals surface area contributed by atoms with E-state index in [2.05, 4.69) is 14.9 Å². The molecular formula is C32H37N3O5. The lowest BCUT2D eigenvalue weighted by atomic mass is 10.0. The number of rotatable bonds is 12. The smallest absolute Gasteiger partial charge is 0.325 e. The minimum absolute atomic E-state index is 0.0504. The molecule has 40 heavy (non-hydrogen) atoms. The van der Waals surface area contributed by atoms with Crippen molar-refractivity contribution in [2.45, 2.75) is 52.2 Å². The Bertz CT molecular complexity index is 1430. The maximum atomic E-state index is 12.4. The fourth-order valence-electron chi connectivity index (χ4n) is 4.46. The molecule has 1 N–H and O–H groups in total. The van der Waals surface area contributed by atoms with Gasteiger partial charge in [0, 0.05) is 29.2 Å². The summed E-state index contributed by atoms with van der Waals surface area (Å²) in [5.74, 6) is 0.812. The normalized spacial score (nSPS) is 12.1. The van der Waals surface area contributed by atoms with Gasteiger partial charge in [0.2, 0.25) is 0 Å². The van der Waals surface area contributed by atoms with E-state index >= 15 is 0 Å². The lowest BCUT2D eigenvalue weighted by Gasteiger charge is -2.20. The molecule has 210 valence electrons. The molecule has 0 amide bonds. The number of benzene rings is 2. The van der Waals surface area contributed by atoms with Crippen molar-refractivity contribution >= 4 is 28.7 Å². The van der Waals surface area contributed by atoms with E-state index in [1.54, 1.807) is 0 Å². The van der Waals surface area contributed by atoms with E-state index in [-0.39, 0.29) is 30.9 Å². The molecular weight excluding hydrogens is 506 g/mol. The first-order valence-electron chi connectivity index (χ1n) is 13.6. The Morgan fingerprint density at radius 3 is 2.52 bits per heavy atom. The highest BCUT2D eigenvalue weighted by Crippen LogP contribution is 2.30. The van der Waals surface area contributed by atoms with Crippen molar-refractivity contribution in [2.24, 2.45) is 0 Å². The van der Waals surface area contributed by atoms with Crippen molar-refractivity contribution in [1.29, 1.82) is 0 Å². The van der Waals surface area contributed by atoms with E-state index in [4.69, 9.17) is 14.2 Å². The minimum atomic E-state index is -0.525. The Morgan fingerprint density at radius 2 is 1.77 bits per heavy atom. The summed E-state index contributed by atoms with van der Waals surface area (Å²) in [5.41, 5.74) is 2.38. The summed E-state index contributed by atoms with van der Waals surface area (Å²) in [7, 11) is 0. The Labute approximate surface area is 235 Å². The third kappa shape index (κ3) is 8.09. The van der Waals surface area contributed by atoms with Crippen molar-refractivity contribution in [2.75, 3.05) is 25.1 Å². The number of esters is 2. The van der Waals surface area contributed by atoms with Crippen LogP contribution in [0.4, 0.5) is 5.82 Å². The summed E-state index contributed by atoms with van der Waals surface area (Å²) in [6.45, 7) is 8.19. The van der Waals surface area contributed by atoms with Crippen molar-refractivity contribution in [3.63, 3.8) is 0 Å². The van der Waals surface area contributed by atoms with Gasteiger partial charge in [-0.3, -0.25) is 9.59 Å². The van der Waals surface area contributed by atoms with Crippen molar-refractivity contribution in [3.8, 4) is 5.75 Å². The number of pyridine rings is 1. The van der Waals surface area contributed by atoms with Gasteiger partial charge in [-0.15, -0.1) is 0 Å². The number of fused-ring (bicyclic) bond motifs is 1. The maximum absolute atomic E-state index is 12.4. The van der Waals surface area contributed by atoms with E-state index in [0.29, 0.717) is 25.5 Å². The van der Waals surface area contributed by atoms with Gasteiger partial charge >= 0.3 is 11.9 Å². The quantitative estimate of drug-likeness (QED) is 0.221. The lowest BCUT2D eigenvalue weighted by Crippen LogP contribution is -2.28. The zero-order chi connectivity index (χ0) is 28.5. The second kappa shape index (κ2) is 13.2. The van der Waals surface area contributed by atoms with Crippen molar-refractivity contribution in [1.82, 2.24) is 9.55 Å². The van der Waals surface area contributed by atoms with Gasteiger partial charge < -0.3 is 24.1 Å². The number of carbonyl (C=O) groups excluding carboxylic acids is 2. The number of carbonyl (C=O) groups is 2. The van der Waals surface area contributed by atoms with E-state index in [1.165, 1.54) is 0 Å². The Hall–Kier alpha value is -4.33.